The second kappa shape index (κ2) is 5.09. The van der Waals surface area contributed by atoms with Crippen molar-refractivity contribution >= 4 is 17.8 Å². The number of piperidine rings is 1. The Bertz CT molecular complexity index is 454. The van der Waals surface area contributed by atoms with Crippen LogP contribution in [0, 0.1) is 5.41 Å². The van der Waals surface area contributed by atoms with E-state index in [-0.39, 0.29) is 36.9 Å². The zero-order valence-corrected chi connectivity index (χ0v) is 12.1. The van der Waals surface area contributed by atoms with Gasteiger partial charge in [0.1, 0.15) is 0 Å². The molecule has 1 saturated carbocycles. The Labute approximate surface area is 123 Å². The Balaban J connectivity index is 1.87. The van der Waals surface area contributed by atoms with E-state index >= 15 is 0 Å². The predicted molar refractivity (Wildman–Crippen MR) is 72.4 cm³/mol. The lowest BCUT2D eigenvalue weighted by Gasteiger charge is -2.46. The smallest absolute Gasteiger partial charge is 0.332 e. The standard InChI is InChI=1S/C15H21NO5/c17-11-8-14(4-2-1-3-5-14)9-12(18)16(11)15(13(19)20)6-7-21-10-15/h1-10H2,(H,19,20). The SMILES string of the molecule is O=C1CC2(CCCCC2)CC(=O)N1C1(C(=O)O)CCOC1. The first-order valence-electron chi connectivity index (χ1n) is 7.66. The van der Waals surface area contributed by atoms with E-state index in [4.69, 9.17) is 4.74 Å². The first-order valence-corrected chi connectivity index (χ1v) is 7.66. The zero-order chi connectivity index (χ0) is 15.1. The van der Waals surface area contributed by atoms with Gasteiger partial charge in [-0.1, -0.05) is 19.3 Å². The maximum Gasteiger partial charge on any atom is 0.332 e. The van der Waals surface area contributed by atoms with Gasteiger partial charge >= 0.3 is 5.97 Å². The Kier molecular flexibility index (Phi) is 3.51. The van der Waals surface area contributed by atoms with E-state index in [0.29, 0.717) is 12.8 Å². The van der Waals surface area contributed by atoms with Gasteiger partial charge in [0, 0.05) is 25.9 Å². The van der Waals surface area contributed by atoms with Crippen LogP contribution >= 0.6 is 0 Å². The van der Waals surface area contributed by atoms with Gasteiger partial charge in [0.25, 0.3) is 0 Å². The number of hydrogen-bond acceptors (Lipinski definition) is 4. The van der Waals surface area contributed by atoms with Crippen LogP contribution < -0.4 is 0 Å². The molecule has 6 nitrogen and oxygen atoms in total. The fourth-order valence-electron chi connectivity index (χ4n) is 4.13. The molecule has 2 heterocycles. The van der Waals surface area contributed by atoms with Gasteiger partial charge in [-0.15, -0.1) is 0 Å². The minimum atomic E-state index is -1.48. The molecular weight excluding hydrogens is 274 g/mol. The molecule has 3 fully saturated rings. The number of carboxylic acid groups (broad SMARTS) is 1. The summed E-state index contributed by atoms with van der Waals surface area (Å²) in [5.74, 6) is -1.80. The number of rotatable bonds is 2. The van der Waals surface area contributed by atoms with Crippen LogP contribution in [0.15, 0.2) is 0 Å². The number of carbonyl (C=O) groups is 3. The van der Waals surface area contributed by atoms with Crippen molar-refractivity contribution in [2.75, 3.05) is 13.2 Å². The number of nitrogens with zero attached hydrogens (tertiary/aromatic N) is 1. The van der Waals surface area contributed by atoms with E-state index in [2.05, 4.69) is 0 Å². The van der Waals surface area contributed by atoms with E-state index in [1.807, 2.05) is 0 Å². The molecule has 1 N–H and O–H groups in total. The lowest BCUT2D eigenvalue weighted by atomic mass is 9.67. The lowest BCUT2D eigenvalue weighted by molar-refractivity contribution is -0.173. The molecule has 0 bridgehead atoms. The number of ether oxygens (including phenoxy) is 1. The maximum absolute atomic E-state index is 12.6. The second-order valence-electron chi connectivity index (χ2n) is 6.68. The molecule has 1 aliphatic carbocycles. The van der Waals surface area contributed by atoms with Crippen molar-refractivity contribution < 1.29 is 24.2 Å². The highest BCUT2D eigenvalue weighted by molar-refractivity contribution is 6.03. The van der Waals surface area contributed by atoms with Gasteiger partial charge in [-0.2, -0.15) is 0 Å². The average molecular weight is 295 g/mol. The van der Waals surface area contributed by atoms with Crippen LogP contribution in [0.2, 0.25) is 0 Å². The Morgan fingerprint density at radius 3 is 2.14 bits per heavy atom. The molecule has 0 radical (unpaired) electrons. The molecule has 2 saturated heterocycles. The summed E-state index contributed by atoms with van der Waals surface area (Å²) in [4.78, 5) is 37.8. The van der Waals surface area contributed by atoms with Crippen LogP contribution in [0.4, 0.5) is 0 Å². The molecule has 6 heteroatoms. The molecule has 1 unspecified atom stereocenters. The van der Waals surface area contributed by atoms with Gasteiger partial charge < -0.3 is 9.84 Å². The van der Waals surface area contributed by atoms with Crippen LogP contribution in [0.5, 0.6) is 0 Å². The molecule has 116 valence electrons. The lowest BCUT2D eigenvalue weighted by Crippen LogP contribution is -2.63. The van der Waals surface area contributed by atoms with Crippen molar-refractivity contribution in [2.24, 2.45) is 5.41 Å². The molecule has 1 spiro atoms. The molecule has 1 atom stereocenters. The van der Waals surface area contributed by atoms with Crippen molar-refractivity contribution in [2.45, 2.75) is 56.9 Å². The minimum absolute atomic E-state index is 0.0905. The number of carbonyl (C=O) groups excluding carboxylic acids is 2. The normalized spacial score (nSPS) is 32.7. The van der Waals surface area contributed by atoms with Crippen molar-refractivity contribution in [1.29, 1.82) is 0 Å². The number of hydrogen-bond donors (Lipinski definition) is 1. The summed E-state index contributed by atoms with van der Waals surface area (Å²) in [5, 5.41) is 9.53. The molecule has 21 heavy (non-hydrogen) atoms. The van der Waals surface area contributed by atoms with Crippen molar-refractivity contribution in [1.82, 2.24) is 4.90 Å². The molecule has 3 rings (SSSR count). The van der Waals surface area contributed by atoms with Crippen LogP contribution in [0.25, 0.3) is 0 Å². The van der Waals surface area contributed by atoms with Gasteiger partial charge in [0.15, 0.2) is 5.54 Å². The number of likely N-dealkylation sites (tertiary alicyclic amines) is 1. The second-order valence-corrected chi connectivity index (χ2v) is 6.68. The monoisotopic (exact) mass is 295 g/mol. The number of carboxylic acids is 1. The summed E-state index contributed by atoms with van der Waals surface area (Å²) in [6.07, 6.45) is 5.83. The number of amides is 2. The zero-order valence-electron chi connectivity index (χ0n) is 12.1. The summed E-state index contributed by atoms with van der Waals surface area (Å²) >= 11 is 0. The molecule has 0 aromatic rings. The van der Waals surface area contributed by atoms with Gasteiger partial charge in [-0.25, -0.2) is 4.79 Å². The third-order valence-electron chi connectivity index (χ3n) is 5.29. The highest BCUT2D eigenvalue weighted by Gasteiger charge is 2.56. The largest absolute Gasteiger partial charge is 0.479 e. The number of aliphatic carboxylic acids is 1. The molecule has 2 aliphatic heterocycles. The molecule has 2 amide bonds. The summed E-state index contributed by atoms with van der Waals surface area (Å²) < 4.78 is 5.18. The predicted octanol–water partition coefficient (Wildman–Crippen LogP) is 1.33. The number of imide groups is 1. The summed E-state index contributed by atoms with van der Waals surface area (Å²) in [6.45, 7) is 0.182. The first kappa shape index (κ1) is 14.5. The van der Waals surface area contributed by atoms with Crippen molar-refractivity contribution in [3.05, 3.63) is 0 Å². The molecular formula is C15H21NO5. The van der Waals surface area contributed by atoms with Crippen molar-refractivity contribution in [3.8, 4) is 0 Å². The fourth-order valence-corrected chi connectivity index (χ4v) is 4.13. The molecule has 0 aromatic heterocycles. The highest BCUT2D eigenvalue weighted by atomic mass is 16.5. The fraction of sp³-hybridized carbons (Fsp3) is 0.800. The quantitative estimate of drug-likeness (QED) is 0.777. The molecule has 0 aromatic carbocycles. The minimum Gasteiger partial charge on any atom is -0.479 e. The van der Waals surface area contributed by atoms with E-state index in [9.17, 15) is 19.5 Å². The summed E-state index contributed by atoms with van der Waals surface area (Å²) in [7, 11) is 0. The van der Waals surface area contributed by atoms with Crippen LogP contribution in [0.1, 0.15) is 51.4 Å². The van der Waals surface area contributed by atoms with E-state index in [1.54, 1.807) is 0 Å². The van der Waals surface area contributed by atoms with Crippen LogP contribution in [-0.4, -0.2) is 46.5 Å². The average Bonchev–Trinajstić information content (AvgIpc) is 2.89. The summed E-state index contributed by atoms with van der Waals surface area (Å²) in [5.41, 5.74) is -1.70. The van der Waals surface area contributed by atoms with E-state index in [1.165, 1.54) is 0 Å². The van der Waals surface area contributed by atoms with E-state index in [0.717, 1.165) is 37.0 Å². The molecule has 3 aliphatic rings. The maximum atomic E-state index is 12.6. The highest BCUT2D eigenvalue weighted by Crippen LogP contribution is 2.47. The van der Waals surface area contributed by atoms with E-state index < -0.39 is 11.5 Å². The van der Waals surface area contributed by atoms with Gasteiger partial charge in [0.05, 0.1) is 6.61 Å². The van der Waals surface area contributed by atoms with Crippen molar-refractivity contribution in [3.63, 3.8) is 0 Å². The van der Waals surface area contributed by atoms with Gasteiger partial charge in [0.2, 0.25) is 11.8 Å². The Morgan fingerprint density at radius 2 is 1.67 bits per heavy atom. The van der Waals surface area contributed by atoms with Gasteiger partial charge in [-0.05, 0) is 18.3 Å². The van der Waals surface area contributed by atoms with Crippen LogP contribution in [-0.2, 0) is 19.1 Å². The topological polar surface area (TPSA) is 83.9 Å². The summed E-state index contributed by atoms with van der Waals surface area (Å²) in [6, 6.07) is 0. The Hall–Kier alpha value is -1.43. The third kappa shape index (κ3) is 2.25. The Morgan fingerprint density at radius 1 is 1.05 bits per heavy atom. The third-order valence-corrected chi connectivity index (χ3v) is 5.29. The van der Waals surface area contributed by atoms with Gasteiger partial charge in [-0.3, -0.25) is 14.5 Å². The van der Waals surface area contributed by atoms with Crippen LogP contribution in [0.3, 0.4) is 0 Å². The first-order chi connectivity index (χ1) is 9.99.